The number of halogens is 1. The molecule has 1 N–H and O–H groups in total. The molecule has 0 spiro atoms. The van der Waals surface area contributed by atoms with E-state index >= 15 is 0 Å². The van der Waals surface area contributed by atoms with Gasteiger partial charge in [-0.05, 0) is 59.8 Å². The summed E-state index contributed by atoms with van der Waals surface area (Å²) in [6, 6.07) is 4.83. The third kappa shape index (κ3) is 3.56. The molecule has 1 saturated carbocycles. The van der Waals surface area contributed by atoms with Gasteiger partial charge in [-0.3, -0.25) is 4.98 Å². The van der Waals surface area contributed by atoms with Gasteiger partial charge in [0.05, 0.1) is 0 Å². The Labute approximate surface area is 106 Å². The summed E-state index contributed by atoms with van der Waals surface area (Å²) < 4.78 is 1.06. The van der Waals surface area contributed by atoms with Gasteiger partial charge in [-0.25, -0.2) is 0 Å². The SMILES string of the molecule is CCCNC(Cc1ccc(Br)cn1)C1CC1. The molecule has 2 nitrogen and oxygen atoms in total. The fourth-order valence-corrected chi connectivity index (χ4v) is 2.22. The molecule has 0 radical (unpaired) electrons. The van der Waals surface area contributed by atoms with Crippen molar-refractivity contribution in [2.45, 2.75) is 38.6 Å². The molecule has 0 aliphatic heterocycles. The van der Waals surface area contributed by atoms with Crippen molar-refractivity contribution in [1.29, 1.82) is 0 Å². The molecule has 3 heteroatoms. The van der Waals surface area contributed by atoms with Crippen LogP contribution in [0.2, 0.25) is 0 Å². The van der Waals surface area contributed by atoms with E-state index in [0.29, 0.717) is 6.04 Å². The van der Waals surface area contributed by atoms with E-state index in [1.54, 1.807) is 0 Å². The number of rotatable bonds is 6. The molecule has 0 aromatic carbocycles. The van der Waals surface area contributed by atoms with Gasteiger partial charge in [-0.2, -0.15) is 0 Å². The minimum absolute atomic E-state index is 0.633. The van der Waals surface area contributed by atoms with Gasteiger partial charge in [-0.1, -0.05) is 6.92 Å². The molecule has 1 fully saturated rings. The van der Waals surface area contributed by atoms with E-state index in [0.717, 1.165) is 23.4 Å². The molecule has 1 heterocycles. The van der Waals surface area contributed by atoms with Gasteiger partial charge in [0.25, 0.3) is 0 Å². The predicted molar refractivity (Wildman–Crippen MR) is 70.4 cm³/mol. The third-order valence-electron chi connectivity index (χ3n) is 3.07. The molecule has 0 saturated heterocycles. The highest BCUT2D eigenvalue weighted by molar-refractivity contribution is 9.10. The second-order valence-electron chi connectivity index (χ2n) is 4.57. The lowest BCUT2D eigenvalue weighted by molar-refractivity contribution is 0.456. The maximum Gasteiger partial charge on any atom is 0.0420 e. The van der Waals surface area contributed by atoms with E-state index in [1.165, 1.54) is 25.0 Å². The first-order chi connectivity index (χ1) is 7.79. The zero-order valence-electron chi connectivity index (χ0n) is 9.75. The number of pyridine rings is 1. The van der Waals surface area contributed by atoms with Gasteiger partial charge in [0.2, 0.25) is 0 Å². The van der Waals surface area contributed by atoms with Crippen molar-refractivity contribution in [3.63, 3.8) is 0 Å². The van der Waals surface area contributed by atoms with Crippen LogP contribution in [0.5, 0.6) is 0 Å². The van der Waals surface area contributed by atoms with Gasteiger partial charge < -0.3 is 5.32 Å². The summed E-state index contributed by atoms with van der Waals surface area (Å²) in [4.78, 5) is 4.45. The lowest BCUT2D eigenvalue weighted by atomic mass is 10.1. The highest BCUT2D eigenvalue weighted by Gasteiger charge is 2.30. The normalized spacial score (nSPS) is 17.4. The molecular formula is C13H19BrN2. The van der Waals surface area contributed by atoms with E-state index in [1.807, 2.05) is 6.20 Å². The summed E-state index contributed by atoms with van der Waals surface area (Å²) in [7, 11) is 0. The fraction of sp³-hybridized carbons (Fsp3) is 0.615. The highest BCUT2D eigenvalue weighted by Crippen LogP contribution is 2.33. The number of hydrogen-bond donors (Lipinski definition) is 1. The van der Waals surface area contributed by atoms with Crippen LogP contribution in [-0.2, 0) is 6.42 Å². The second kappa shape index (κ2) is 5.78. The smallest absolute Gasteiger partial charge is 0.0420 e. The maximum absolute atomic E-state index is 4.45. The van der Waals surface area contributed by atoms with Crippen molar-refractivity contribution in [1.82, 2.24) is 10.3 Å². The lowest BCUT2D eigenvalue weighted by Gasteiger charge is -2.17. The summed E-state index contributed by atoms with van der Waals surface area (Å²) in [6.45, 7) is 3.34. The molecule has 88 valence electrons. The lowest BCUT2D eigenvalue weighted by Crippen LogP contribution is -2.33. The molecule has 1 aromatic heterocycles. The van der Waals surface area contributed by atoms with Crippen molar-refractivity contribution < 1.29 is 0 Å². The molecule has 2 rings (SSSR count). The van der Waals surface area contributed by atoms with Crippen LogP contribution in [-0.4, -0.2) is 17.6 Å². The van der Waals surface area contributed by atoms with Crippen molar-refractivity contribution in [3.8, 4) is 0 Å². The highest BCUT2D eigenvalue weighted by atomic mass is 79.9. The van der Waals surface area contributed by atoms with Crippen LogP contribution in [0.15, 0.2) is 22.8 Å². The fourth-order valence-electron chi connectivity index (χ4n) is 1.99. The van der Waals surface area contributed by atoms with Crippen LogP contribution in [0.3, 0.4) is 0 Å². The van der Waals surface area contributed by atoms with E-state index < -0.39 is 0 Å². The van der Waals surface area contributed by atoms with Crippen molar-refractivity contribution in [2.24, 2.45) is 5.92 Å². The molecule has 0 amide bonds. The average Bonchev–Trinajstić information content (AvgIpc) is 3.11. The van der Waals surface area contributed by atoms with Crippen LogP contribution >= 0.6 is 15.9 Å². The Morgan fingerprint density at radius 3 is 2.88 bits per heavy atom. The van der Waals surface area contributed by atoms with E-state index in [4.69, 9.17) is 0 Å². The first-order valence-corrected chi connectivity index (χ1v) is 6.92. The Hall–Kier alpha value is -0.410. The Balaban J connectivity index is 1.91. The van der Waals surface area contributed by atoms with Crippen LogP contribution in [0, 0.1) is 5.92 Å². The Morgan fingerprint density at radius 2 is 2.31 bits per heavy atom. The molecule has 1 aliphatic carbocycles. The summed E-state index contributed by atoms with van der Waals surface area (Å²) in [6.07, 6.45) is 6.93. The number of hydrogen-bond acceptors (Lipinski definition) is 2. The molecule has 1 aromatic rings. The number of nitrogens with zero attached hydrogens (tertiary/aromatic N) is 1. The topological polar surface area (TPSA) is 24.9 Å². The molecule has 1 unspecified atom stereocenters. The Bertz CT molecular complexity index is 319. The Kier molecular flexibility index (Phi) is 4.36. The van der Waals surface area contributed by atoms with Crippen LogP contribution in [0.25, 0.3) is 0 Å². The summed E-state index contributed by atoms with van der Waals surface area (Å²) in [5.74, 6) is 0.886. The zero-order chi connectivity index (χ0) is 11.4. The molecule has 0 bridgehead atoms. The average molecular weight is 283 g/mol. The summed E-state index contributed by atoms with van der Waals surface area (Å²) in [5.41, 5.74) is 1.20. The largest absolute Gasteiger partial charge is 0.313 e. The monoisotopic (exact) mass is 282 g/mol. The van der Waals surface area contributed by atoms with Gasteiger partial charge in [-0.15, -0.1) is 0 Å². The quantitative estimate of drug-likeness (QED) is 0.867. The van der Waals surface area contributed by atoms with Gasteiger partial charge in [0.1, 0.15) is 0 Å². The maximum atomic E-state index is 4.45. The number of nitrogens with one attached hydrogen (secondary N) is 1. The standard InChI is InChI=1S/C13H19BrN2/c1-2-7-15-13(10-3-4-10)8-12-6-5-11(14)9-16-12/h5-6,9-10,13,15H,2-4,7-8H2,1H3. The first-order valence-electron chi connectivity index (χ1n) is 6.13. The van der Waals surface area contributed by atoms with Gasteiger partial charge >= 0.3 is 0 Å². The molecule has 16 heavy (non-hydrogen) atoms. The van der Waals surface area contributed by atoms with Crippen LogP contribution < -0.4 is 5.32 Å². The minimum Gasteiger partial charge on any atom is -0.313 e. The van der Waals surface area contributed by atoms with Gasteiger partial charge in [0, 0.05) is 28.8 Å². The molecule has 1 atom stereocenters. The van der Waals surface area contributed by atoms with Crippen molar-refractivity contribution in [3.05, 3.63) is 28.5 Å². The van der Waals surface area contributed by atoms with E-state index in [2.05, 4.69) is 45.3 Å². The van der Waals surface area contributed by atoms with E-state index in [-0.39, 0.29) is 0 Å². The summed E-state index contributed by atoms with van der Waals surface area (Å²) in [5, 5.41) is 3.64. The summed E-state index contributed by atoms with van der Waals surface area (Å²) >= 11 is 3.42. The first kappa shape index (κ1) is 12.1. The zero-order valence-corrected chi connectivity index (χ0v) is 11.3. The van der Waals surface area contributed by atoms with Crippen molar-refractivity contribution >= 4 is 15.9 Å². The van der Waals surface area contributed by atoms with Crippen LogP contribution in [0.4, 0.5) is 0 Å². The Morgan fingerprint density at radius 1 is 1.50 bits per heavy atom. The molecule has 1 aliphatic rings. The third-order valence-corrected chi connectivity index (χ3v) is 3.53. The predicted octanol–water partition coefficient (Wildman–Crippen LogP) is 3.16. The van der Waals surface area contributed by atoms with Gasteiger partial charge in [0.15, 0.2) is 0 Å². The number of aromatic nitrogens is 1. The van der Waals surface area contributed by atoms with E-state index in [9.17, 15) is 0 Å². The van der Waals surface area contributed by atoms with Crippen LogP contribution in [0.1, 0.15) is 31.9 Å². The minimum atomic E-state index is 0.633. The second-order valence-corrected chi connectivity index (χ2v) is 5.49. The van der Waals surface area contributed by atoms with Crippen molar-refractivity contribution in [2.75, 3.05) is 6.54 Å². The molecular weight excluding hydrogens is 264 g/mol.